The number of amides is 1. The molecule has 0 saturated heterocycles. The molecule has 3 rings (SSSR count). The molecule has 2 aromatic carbocycles. The highest BCUT2D eigenvalue weighted by atomic mass is 19.1. The predicted octanol–water partition coefficient (Wildman–Crippen LogP) is 3.67. The first-order chi connectivity index (χ1) is 13.3. The molecule has 28 heavy (non-hydrogen) atoms. The van der Waals surface area contributed by atoms with Crippen LogP contribution in [0.4, 0.5) is 19.0 Å². The second-order valence-corrected chi connectivity index (χ2v) is 6.52. The maximum Gasteiger partial charge on any atom is 0.239 e. The molecule has 8 heteroatoms. The van der Waals surface area contributed by atoms with Crippen LogP contribution >= 0.6 is 0 Å². The summed E-state index contributed by atoms with van der Waals surface area (Å²) in [6.07, 6.45) is 0. The Morgan fingerprint density at radius 3 is 2.43 bits per heavy atom. The van der Waals surface area contributed by atoms with Crippen molar-refractivity contribution in [1.29, 1.82) is 0 Å². The molecule has 5 nitrogen and oxygen atoms in total. The van der Waals surface area contributed by atoms with E-state index in [-0.39, 0.29) is 24.8 Å². The van der Waals surface area contributed by atoms with Crippen LogP contribution in [0.2, 0.25) is 0 Å². The lowest BCUT2D eigenvalue weighted by Gasteiger charge is -2.17. The molecule has 0 unspecified atom stereocenters. The summed E-state index contributed by atoms with van der Waals surface area (Å²) in [5.74, 6) is -1.56. The minimum absolute atomic E-state index is 0.00946. The van der Waals surface area contributed by atoms with Crippen LogP contribution in [0.25, 0.3) is 5.69 Å². The average Bonchev–Trinajstić information content (AvgIpc) is 2.98. The van der Waals surface area contributed by atoms with Crippen molar-refractivity contribution in [1.82, 2.24) is 14.7 Å². The van der Waals surface area contributed by atoms with E-state index in [1.54, 1.807) is 37.1 Å². The lowest BCUT2D eigenvalue weighted by molar-refractivity contribution is -0.117. The van der Waals surface area contributed by atoms with Gasteiger partial charge in [0.25, 0.3) is 0 Å². The number of aryl methyl sites for hydroxylation is 1. The predicted molar refractivity (Wildman–Crippen MR) is 99.6 cm³/mol. The Morgan fingerprint density at radius 2 is 1.75 bits per heavy atom. The molecule has 0 aliphatic rings. The lowest BCUT2D eigenvalue weighted by Crippen LogP contribution is -2.30. The molecule has 0 atom stereocenters. The summed E-state index contributed by atoms with van der Waals surface area (Å²) in [7, 11) is 1.66. The number of nitrogens with one attached hydrogen (secondary N) is 1. The Hall–Kier alpha value is -3.13. The standard InChI is InChI=1S/C20H19F3N4O/c1-13-9-19(27(25-13)17-7-5-15(21)6-8-17)24-20(28)12-26(2)11-14-3-4-16(22)10-18(14)23/h3-10H,11-12H2,1-2H3,(H,24,28). The van der Waals surface area contributed by atoms with Crippen LogP contribution in [0.1, 0.15) is 11.3 Å². The van der Waals surface area contributed by atoms with Crippen LogP contribution in [0, 0.1) is 24.4 Å². The molecule has 1 aromatic heterocycles. The van der Waals surface area contributed by atoms with E-state index in [2.05, 4.69) is 10.4 Å². The zero-order valence-corrected chi connectivity index (χ0v) is 15.4. The summed E-state index contributed by atoms with van der Waals surface area (Å²) in [5.41, 5.74) is 1.58. The van der Waals surface area contributed by atoms with Gasteiger partial charge in [0.05, 0.1) is 17.9 Å². The van der Waals surface area contributed by atoms with Crippen molar-refractivity contribution in [2.24, 2.45) is 0 Å². The van der Waals surface area contributed by atoms with Crippen molar-refractivity contribution in [2.45, 2.75) is 13.5 Å². The maximum atomic E-state index is 13.8. The first-order valence-electron chi connectivity index (χ1n) is 8.57. The minimum Gasteiger partial charge on any atom is -0.309 e. The monoisotopic (exact) mass is 388 g/mol. The lowest BCUT2D eigenvalue weighted by atomic mass is 10.2. The molecular formula is C20H19F3N4O. The number of hydrogen-bond donors (Lipinski definition) is 1. The average molecular weight is 388 g/mol. The number of anilines is 1. The van der Waals surface area contributed by atoms with Crippen molar-refractivity contribution >= 4 is 11.7 Å². The van der Waals surface area contributed by atoms with Crippen LogP contribution < -0.4 is 5.32 Å². The Bertz CT molecular complexity index is 986. The second kappa shape index (κ2) is 8.26. The molecule has 0 radical (unpaired) electrons. The van der Waals surface area contributed by atoms with Crippen LogP contribution in [0.3, 0.4) is 0 Å². The highest BCUT2D eigenvalue weighted by molar-refractivity contribution is 5.91. The van der Waals surface area contributed by atoms with Crippen molar-refractivity contribution in [3.63, 3.8) is 0 Å². The summed E-state index contributed by atoms with van der Waals surface area (Å²) in [6.45, 7) is 1.92. The zero-order valence-electron chi connectivity index (χ0n) is 15.4. The molecule has 0 bridgehead atoms. The van der Waals surface area contributed by atoms with Gasteiger partial charge in [0.1, 0.15) is 23.3 Å². The smallest absolute Gasteiger partial charge is 0.239 e. The third kappa shape index (κ3) is 4.77. The molecule has 1 amide bonds. The molecule has 1 N–H and O–H groups in total. The summed E-state index contributed by atoms with van der Waals surface area (Å²) < 4.78 is 41.4. The number of hydrogen-bond acceptors (Lipinski definition) is 3. The van der Waals surface area contributed by atoms with Gasteiger partial charge in [-0.3, -0.25) is 9.69 Å². The van der Waals surface area contributed by atoms with Crippen molar-refractivity contribution in [2.75, 3.05) is 18.9 Å². The number of benzene rings is 2. The molecule has 0 aliphatic carbocycles. The number of rotatable bonds is 6. The van der Waals surface area contributed by atoms with E-state index in [1.165, 1.54) is 28.9 Å². The fraction of sp³-hybridized carbons (Fsp3) is 0.200. The van der Waals surface area contributed by atoms with Crippen LogP contribution in [0.15, 0.2) is 48.5 Å². The summed E-state index contributed by atoms with van der Waals surface area (Å²) >= 11 is 0. The summed E-state index contributed by atoms with van der Waals surface area (Å²) in [4.78, 5) is 14.0. The SMILES string of the molecule is Cc1cc(NC(=O)CN(C)Cc2ccc(F)cc2F)n(-c2ccc(F)cc2)n1. The molecule has 0 aliphatic heterocycles. The van der Waals surface area contributed by atoms with Crippen LogP contribution in [0.5, 0.6) is 0 Å². The number of nitrogens with zero attached hydrogens (tertiary/aromatic N) is 3. The minimum atomic E-state index is -0.655. The molecule has 0 fully saturated rings. The first-order valence-corrected chi connectivity index (χ1v) is 8.57. The summed E-state index contributed by atoms with van der Waals surface area (Å²) in [5, 5.41) is 7.07. The fourth-order valence-corrected chi connectivity index (χ4v) is 2.79. The van der Waals surface area contributed by atoms with E-state index in [1.807, 2.05) is 0 Å². The molecule has 1 heterocycles. The van der Waals surface area contributed by atoms with Gasteiger partial charge < -0.3 is 5.32 Å². The van der Waals surface area contributed by atoms with E-state index in [9.17, 15) is 18.0 Å². The van der Waals surface area contributed by atoms with E-state index >= 15 is 0 Å². The van der Waals surface area contributed by atoms with Gasteiger partial charge in [0.2, 0.25) is 5.91 Å². The Morgan fingerprint density at radius 1 is 1.07 bits per heavy atom. The molecule has 3 aromatic rings. The van der Waals surface area contributed by atoms with Gasteiger partial charge in [-0.2, -0.15) is 5.10 Å². The highest BCUT2D eigenvalue weighted by Gasteiger charge is 2.14. The van der Waals surface area contributed by atoms with E-state index < -0.39 is 11.6 Å². The van der Waals surface area contributed by atoms with Gasteiger partial charge in [-0.1, -0.05) is 6.07 Å². The number of likely N-dealkylation sites (N-methyl/N-ethyl adjacent to an activating group) is 1. The van der Waals surface area contributed by atoms with Gasteiger partial charge in [-0.05, 0) is 44.3 Å². The molecular weight excluding hydrogens is 369 g/mol. The highest BCUT2D eigenvalue weighted by Crippen LogP contribution is 2.18. The van der Waals surface area contributed by atoms with Crippen LogP contribution in [-0.4, -0.2) is 34.2 Å². The Balaban J connectivity index is 1.67. The molecule has 0 spiro atoms. The zero-order chi connectivity index (χ0) is 20.3. The quantitative estimate of drug-likeness (QED) is 0.701. The van der Waals surface area contributed by atoms with Crippen molar-refractivity contribution in [3.05, 3.63) is 77.2 Å². The molecule has 146 valence electrons. The number of carbonyl (C=O) groups is 1. The first kappa shape index (κ1) is 19.6. The van der Waals surface area contributed by atoms with E-state index in [4.69, 9.17) is 0 Å². The Kier molecular flexibility index (Phi) is 5.79. The van der Waals surface area contributed by atoms with Gasteiger partial charge in [0.15, 0.2) is 0 Å². The summed E-state index contributed by atoms with van der Waals surface area (Å²) in [6, 6.07) is 10.8. The van der Waals surface area contributed by atoms with Gasteiger partial charge in [-0.15, -0.1) is 0 Å². The molecule has 0 saturated carbocycles. The largest absolute Gasteiger partial charge is 0.309 e. The van der Waals surface area contributed by atoms with Gasteiger partial charge in [0, 0.05) is 24.2 Å². The van der Waals surface area contributed by atoms with Gasteiger partial charge in [-0.25, -0.2) is 17.9 Å². The Labute approximate surface area is 160 Å². The number of carbonyl (C=O) groups excluding carboxylic acids is 1. The normalized spacial score (nSPS) is 11.1. The van der Waals surface area contributed by atoms with E-state index in [0.29, 0.717) is 22.8 Å². The second-order valence-electron chi connectivity index (χ2n) is 6.52. The van der Waals surface area contributed by atoms with Crippen molar-refractivity contribution < 1.29 is 18.0 Å². The van der Waals surface area contributed by atoms with E-state index in [0.717, 1.165) is 6.07 Å². The van der Waals surface area contributed by atoms with Crippen LogP contribution in [-0.2, 0) is 11.3 Å². The fourth-order valence-electron chi connectivity index (χ4n) is 2.79. The third-order valence-electron chi connectivity index (χ3n) is 4.04. The third-order valence-corrected chi connectivity index (χ3v) is 4.04. The number of aromatic nitrogens is 2. The van der Waals surface area contributed by atoms with Crippen molar-refractivity contribution in [3.8, 4) is 5.69 Å². The number of halogens is 3. The topological polar surface area (TPSA) is 50.2 Å². The maximum absolute atomic E-state index is 13.8. The van der Waals surface area contributed by atoms with Gasteiger partial charge >= 0.3 is 0 Å².